The monoisotopic (exact) mass is 1450 g/mol. The van der Waals surface area contributed by atoms with Gasteiger partial charge in [-0.1, -0.05) is 6.92 Å². The maximum Gasteiger partial charge on any atom is 0.404 e. The molecule has 42 heteroatoms. The van der Waals surface area contributed by atoms with E-state index < -0.39 is 183 Å². The molecule has 0 bridgehead atoms. The van der Waals surface area contributed by atoms with Crippen LogP contribution in [0.2, 0.25) is 0 Å². The summed E-state index contributed by atoms with van der Waals surface area (Å²) >= 11 is 2.54. The molecular formula is C58H90N18O22S2. The summed E-state index contributed by atoms with van der Waals surface area (Å²) in [5.74, 6) is -7.24. The van der Waals surface area contributed by atoms with Gasteiger partial charge in [-0.05, 0) is 33.7 Å². The van der Waals surface area contributed by atoms with Crippen molar-refractivity contribution < 1.29 is 108 Å². The van der Waals surface area contributed by atoms with E-state index in [1.165, 1.54) is 50.4 Å². The number of nitrogens with zero attached hydrogens (tertiary/aromatic N) is 7. The first-order valence-corrected chi connectivity index (χ1v) is 33.6. The van der Waals surface area contributed by atoms with Crippen LogP contribution in [-0.4, -0.2) is 304 Å². The van der Waals surface area contributed by atoms with Gasteiger partial charge >= 0.3 is 6.09 Å². The number of amides is 7. The molecular weight excluding hydrogens is 1360 g/mol. The average molecular weight is 1460 g/mol. The van der Waals surface area contributed by atoms with Gasteiger partial charge in [0.15, 0.2) is 18.7 Å². The Kier molecular flexibility index (Phi) is 29.7. The van der Waals surface area contributed by atoms with Crippen LogP contribution in [0.5, 0.6) is 0 Å². The number of rotatable bonds is 36. The van der Waals surface area contributed by atoms with Crippen LogP contribution in [-0.2, 0) is 54.0 Å². The number of imidazole rings is 1. The van der Waals surface area contributed by atoms with Crippen LogP contribution in [0.1, 0.15) is 88.8 Å². The third kappa shape index (κ3) is 20.7. The number of nitrogen functional groups attached to an aromatic ring is 1. The molecule has 3 saturated heterocycles. The van der Waals surface area contributed by atoms with E-state index in [4.69, 9.17) is 57.1 Å². The van der Waals surface area contributed by atoms with Gasteiger partial charge in [-0.25, -0.2) is 29.7 Å². The predicted molar refractivity (Wildman–Crippen MR) is 348 cm³/mol. The molecule has 556 valence electrons. The lowest BCUT2D eigenvalue weighted by Gasteiger charge is -2.47. The zero-order valence-corrected chi connectivity index (χ0v) is 56.8. The second-order valence-corrected chi connectivity index (χ2v) is 26.0. The minimum absolute atomic E-state index is 0.0186. The molecule has 7 heterocycles. The lowest BCUT2D eigenvalue weighted by Crippen LogP contribution is -2.65. The molecule has 3 fully saturated rings. The number of ether oxygens (including phenoxy) is 6. The number of primary amides is 3. The molecule has 4 aromatic heterocycles. The number of anilines is 1. The molecule has 20 atom stereocenters. The second-order valence-electron chi connectivity index (χ2n) is 24.2. The van der Waals surface area contributed by atoms with Gasteiger partial charge in [0.05, 0.1) is 80.0 Å². The van der Waals surface area contributed by atoms with Gasteiger partial charge in [0, 0.05) is 74.9 Å². The fourth-order valence-corrected chi connectivity index (χ4v) is 12.6. The van der Waals surface area contributed by atoms with Crippen LogP contribution in [0.4, 0.5) is 10.6 Å². The number of morpholine rings is 1. The number of aliphatic hydroxyl groups excluding tert-OH is 9. The van der Waals surface area contributed by atoms with Gasteiger partial charge in [0.1, 0.15) is 101 Å². The average Bonchev–Trinajstić information content (AvgIpc) is 0.894. The summed E-state index contributed by atoms with van der Waals surface area (Å²) in [6.07, 6.45) is -25.8. The summed E-state index contributed by atoms with van der Waals surface area (Å²) in [5, 5.41) is 118. The highest BCUT2D eigenvalue weighted by atomic mass is 32.1. The molecule has 0 spiro atoms. The smallest absolute Gasteiger partial charge is 0.404 e. The highest BCUT2D eigenvalue weighted by molar-refractivity contribution is 7.14. The predicted octanol–water partition coefficient (Wildman–Crippen LogP) is -8.12. The Hall–Kier alpha value is -7.28. The van der Waals surface area contributed by atoms with Crippen LogP contribution >= 0.6 is 22.7 Å². The maximum absolute atomic E-state index is 15.5. The zero-order valence-electron chi connectivity index (χ0n) is 55.2. The normalized spacial score (nSPS) is 25.0. The molecule has 0 aliphatic carbocycles. The van der Waals surface area contributed by atoms with Crippen molar-refractivity contribution in [1.29, 1.82) is 0 Å². The quantitative estimate of drug-likeness (QED) is 0.0149. The first kappa shape index (κ1) is 80.0. The summed E-state index contributed by atoms with van der Waals surface area (Å²) in [6, 6.07) is -7.62. The Balaban J connectivity index is 1.11. The van der Waals surface area contributed by atoms with Crippen LogP contribution in [0, 0.1) is 12.8 Å². The number of hydrogen-bond donors (Lipinski definition) is 20. The number of nitrogens with two attached hydrogens (primary N) is 5. The van der Waals surface area contributed by atoms with Crippen LogP contribution in [0.15, 0.2) is 23.3 Å². The lowest BCUT2D eigenvalue weighted by atomic mass is 9.95. The lowest BCUT2D eigenvalue weighted by molar-refractivity contribution is -0.372. The number of carbonyl (C=O) groups is 7. The largest absolute Gasteiger partial charge is 0.441 e. The summed E-state index contributed by atoms with van der Waals surface area (Å²) in [6.45, 7) is 7.30. The van der Waals surface area contributed by atoms with Crippen molar-refractivity contribution in [3.8, 4) is 10.7 Å². The van der Waals surface area contributed by atoms with E-state index in [0.717, 1.165) is 50.5 Å². The summed E-state index contributed by atoms with van der Waals surface area (Å²) in [5.41, 5.74) is 28.3. The van der Waals surface area contributed by atoms with Gasteiger partial charge in [-0.3, -0.25) is 39.0 Å². The molecule has 7 rings (SSSR count). The molecule has 0 radical (unpaired) electrons. The molecule has 7 amide bonds. The number of carbonyl (C=O) groups excluding carboxylic acids is 7. The summed E-state index contributed by atoms with van der Waals surface area (Å²) < 4.78 is 34.4. The van der Waals surface area contributed by atoms with Crippen LogP contribution in [0.25, 0.3) is 10.7 Å². The van der Waals surface area contributed by atoms with Gasteiger partial charge < -0.3 is 134 Å². The number of aromatic amines is 1. The van der Waals surface area contributed by atoms with Crippen molar-refractivity contribution in [2.45, 2.75) is 163 Å². The fourth-order valence-electron chi connectivity index (χ4n) is 11.0. The Morgan fingerprint density at radius 2 is 1.54 bits per heavy atom. The fraction of sp³-hybridized carbons (Fsp3) is 0.655. The number of nitrogens with one attached hydrogen (secondary N) is 6. The van der Waals surface area contributed by atoms with E-state index in [9.17, 15) is 69.9 Å². The third-order valence-electron chi connectivity index (χ3n) is 16.9. The molecule has 100 heavy (non-hydrogen) atoms. The molecule has 0 aromatic carbocycles. The molecule has 3 aliphatic rings. The van der Waals surface area contributed by atoms with Gasteiger partial charge in [-0.2, -0.15) is 0 Å². The van der Waals surface area contributed by atoms with Crippen molar-refractivity contribution in [1.82, 2.24) is 66.3 Å². The zero-order chi connectivity index (χ0) is 73.4. The first-order chi connectivity index (χ1) is 47.4. The van der Waals surface area contributed by atoms with Gasteiger partial charge in [0.2, 0.25) is 23.6 Å². The Labute approximate surface area is 580 Å². The van der Waals surface area contributed by atoms with Crippen molar-refractivity contribution in [3.05, 3.63) is 56.8 Å². The van der Waals surface area contributed by atoms with Crippen molar-refractivity contribution in [2.75, 3.05) is 78.5 Å². The number of H-pyrrole nitrogens is 1. The second kappa shape index (κ2) is 37.1. The van der Waals surface area contributed by atoms with E-state index in [0.29, 0.717) is 35.5 Å². The molecule has 20 unspecified atom stereocenters. The van der Waals surface area contributed by atoms with E-state index in [-0.39, 0.29) is 54.0 Å². The van der Waals surface area contributed by atoms with Crippen molar-refractivity contribution >= 4 is 70.0 Å². The van der Waals surface area contributed by atoms with E-state index in [1.54, 1.807) is 10.8 Å². The maximum atomic E-state index is 15.5. The minimum atomic E-state index is -2.19. The molecule has 4 aromatic rings. The number of hydrogen-bond acceptors (Lipinski definition) is 34. The van der Waals surface area contributed by atoms with Crippen molar-refractivity contribution in [2.24, 2.45) is 28.9 Å². The van der Waals surface area contributed by atoms with E-state index >= 15 is 9.59 Å². The summed E-state index contributed by atoms with van der Waals surface area (Å²) in [4.78, 5) is 121. The molecule has 40 nitrogen and oxygen atoms in total. The minimum Gasteiger partial charge on any atom is -0.441 e. The third-order valence-corrected chi connectivity index (χ3v) is 18.7. The highest BCUT2D eigenvalue weighted by Gasteiger charge is 2.54. The molecule has 0 saturated carbocycles. The summed E-state index contributed by atoms with van der Waals surface area (Å²) in [7, 11) is 1.09. The number of likely N-dealkylation sites (N-methyl/N-ethyl adjacent to an activating group) is 1. The topological polar surface area (TPSA) is 634 Å². The standard InChI is InChI=1S/C58H90N18O22S2/c1-23-36(72-49(74-47(23)61)28(15-34(60)80)67-16-27(59)48(62)86)55(91)75(5)38(44(29-17-64-22-68-29)96-57-46(42(84)40(82)32(18-77)95-57)97-56-43(85)45(98-58(63)92)41(83)33(19-78)94-56)53(90)69-25(3)39(81)24(2)50(87)73-37(26(4)79)52(89)66-9-7-35-70-31(21-99-35)54-71-30(20-100-54)51(88)65-8-6-10-76-11-13-93-14-12-76/h17,20-22,24-28,32-33,37-46,50,56-57,67,73,77-79,81-85,87H,6-16,18-19,59H2,1-5H3,(H2,60,80)(H2,62,86)(H2,63,92)(H,64,68)(H,65,88)(H,66,89)(H,69,90)(H2,61,72,74). The number of aromatic nitrogens is 6. The van der Waals surface area contributed by atoms with Crippen LogP contribution in [0.3, 0.4) is 0 Å². The molecule has 25 N–H and O–H groups in total. The van der Waals surface area contributed by atoms with Crippen LogP contribution < -0.4 is 55.3 Å². The number of aliphatic hydroxyl groups is 9. The Morgan fingerprint density at radius 3 is 2.18 bits per heavy atom. The van der Waals surface area contributed by atoms with E-state index in [1.807, 2.05) is 0 Å². The van der Waals surface area contributed by atoms with Crippen molar-refractivity contribution in [3.63, 3.8) is 0 Å². The SMILES string of the molecule is Cc1c(N)nc(C(CC(N)=O)NCC(N)C(N)=O)nc1C(=O)N(C)C(C(=O)NC(C)C(O)C(C)C(O)NC(C(=O)NCCc1nc(-c2nc(C(=O)NCCCN3CCOCC3)cs2)cs1)C(C)O)C(OC1OC(CO)C(O)C(O)C1OC1OC(CO)C(O)C(OC(N)=O)C1O)c1cnc[nH]1. The van der Waals surface area contributed by atoms with Gasteiger partial charge in [-0.15, -0.1) is 22.7 Å². The first-order valence-electron chi connectivity index (χ1n) is 31.8. The highest BCUT2D eigenvalue weighted by Crippen LogP contribution is 2.36. The molecule has 3 aliphatic heterocycles. The van der Waals surface area contributed by atoms with Gasteiger partial charge in [0.25, 0.3) is 11.8 Å². The number of thiazole rings is 2. The Bertz CT molecular complexity index is 3360. The Morgan fingerprint density at radius 1 is 0.850 bits per heavy atom. The van der Waals surface area contributed by atoms with E-state index in [2.05, 4.69) is 61.4 Å².